The molecule has 0 bridgehead atoms. The van der Waals surface area contributed by atoms with Crippen molar-refractivity contribution in [2.45, 2.75) is 71.6 Å². The Kier molecular flexibility index (Phi) is 12.4. The van der Waals surface area contributed by atoms with E-state index in [4.69, 9.17) is 17.1 Å². The first kappa shape index (κ1) is 33.3. The van der Waals surface area contributed by atoms with Gasteiger partial charge in [-0.2, -0.15) is 0 Å². The van der Waals surface area contributed by atoms with Crippen LogP contribution in [0.4, 0.5) is 0 Å². The van der Waals surface area contributed by atoms with Gasteiger partial charge in [0, 0.05) is 12.0 Å². The number of hydrogen-bond acceptors (Lipinski definition) is 6. The van der Waals surface area contributed by atoms with Gasteiger partial charge >= 0.3 is 17.1 Å². The van der Waals surface area contributed by atoms with E-state index in [0.29, 0.717) is 19.6 Å². The van der Waals surface area contributed by atoms with Crippen molar-refractivity contribution in [2.24, 2.45) is 5.41 Å². The van der Waals surface area contributed by atoms with Crippen LogP contribution in [0.2, 0.25) is 51.9 Å². The number of aliphatic hydroxyl groups excluding tert-OH is 2. The molecule has 0 amide bonds. The van der Waals surface area contributed by atoms with E-state index in [1.54, 1.807) is 0 Å². The summed E-state index contributed by atoms with van der Waals surface area (Å²) in [7, 11) is -9.78. The third-order valence-electron chi connectivity index (χ3n) is 6.57. The summed E-state index contributed by atoms with van der Waals surface area (Å²) in [6.07, 6.45) is 1.51. The average molecular weight is 595 g/mol. The van der Waals surface area contributed by atoms with Crippen LogP contribution in [0.25, 0.3) is 0 Å². The van der Waals surface area contributed by atoms with Crippen LogP contribution in [-0.4, -0.2) is 70.4 Å². The van der Waals surface area contributed by atoms with Crippen molar-refractivity contribution in [3.63, 3.8) is 0 Å². The maximum absolute atomic E-state index is 9.70. The zero-order valence-corrected chi connectivity index (χ0v) is 28.8. The van der Waals surface area contributed by atoms with Crippen molar-refractivity contribution >= 4 is 44.1 Å². The molecule has 0 aromatic heterocycles. The highest BCUT2D eigenvalue weighted by Crippen LogP contribution is 2.27. The lowest BCUT2D eigenvalue weighted by molar-refractivity contribution is -0.0297. The first-order valence-electron chi connectivity index (χ1n) is 13.7. The normalized spacial score (nSPS) is 13.6. The summed E-state index contributed by atoms with van der Waals surface area (Å²) in [5, 5.41) is 21.6. The fourth-order valence-corrected chi connectivity index (χ4v) is 22.4. The second kappa shape index (κ2) is 14.1. The number of ether oxygens (including phenoxy) is 1. The lowest BCUT2D eigenvalue weighted by Crippen LogP contribution is -2.71. The molecule has 0 aliphatic carbocycles. The molecule has 10 heteroatoms. The van der Waals surface area contributed by atoms with Crippen molar-refractivity contribution in [3.8, 4) is 0 Å². The molecule has 214 valence electrons. The quantitative estimate of drug-likeness (QED) is 0.202. The van der Waals surface area contributed by atoms with Gasteiger partial charge in [0.1, 0.15) is 0 Å². The van der Waals surface area contributed by atoms with E-state index in [1.165, 1.54) is 0 Å². The van der Waals surface area contributed by atoms with Gasteiger partial charge < -0.3 is 27.3 Å². The van der Waals surface area contributed by atoms with Gasteiger partial charge in [0.2, 0.25) is 0 Å². The maximum Gasteiger partial charge on any atom is 0.388 e. The minimum atomic E-state index is -3.12. The van der Waals surface area contributed by atoms with Crippen LogP contribution in [0.1, 0.15) is 19.8 Å². The van der Waals surface area contributed by atoms with E-state index >= 15 is 0 Å². The highest BCUT2D eigenvalue weighted by Gasteiger charge is 2.51. The van der Waals surface area contributed by atoms with Gasteiger partial charge in [0.25, 0.3) is 0 Å². The van der Waals surface area contributed by atoms with E-state index < -0.39 is 39.2 Å². The number of benzene rings is 2. The average Bonchev–Trinajstić information content (AvgIpc) is 2.85. The zero-order valence-electron chi connectivity index (χ0n) is 24.8. The number of hydrogen-bond donors (Lipinski definition) is 2. The molecule has 0 atom stereocenters. The van der Waals surface area contributed by atoms with Gasteiger partial charge in [-0.25, -0.2) is 0 Å². The smallest absolute Gasteiger partial charge is 0.388 e. The third-order valence-corrected chi connectivity index (χ3v) is 21.2. The van der Waals surface area contributed by atoms with E-state index in [1.807, 2.05) is 19.1 Å². The monoisotopic (exact) mass is 594 g/mol. The fourth-order valence-electron chi connectivity index (χ4n) is 4.64. The van der Waals surface area contributed by atoms with Gasteiger partial charge in [0.05, 0.1) is 19.8 Å². The predicted octanol–water partition coefficient (Wildman–Crippen LogP) is 4.82. The van der Waals surface area contributed by atoms with Crippen LogP contribution in [0.5, 0.6) is 0 Å². The van der Waals surface area contributed by atoms with Crippen molar-refractivity contribution in [1.82, 2.24) is 0 Å². The Balaban J connectivity index is 2.34. The Labute approximate surface area is 235 Å². The Hall–Kier alpha value is -0.932. The van der Waals surface area contributed by atoms with Crippen LogP contribution in [0.15, 0.2) is 60.7 Å². The summed E-state index contributed by atoms with van der Waals surface area (Å²) in [5.74, 6) is 0. The van der Waals surface area contributed by atoms with Crippen LogP contribution in [-0.2, 0) is 17.1 Å². The molecule has 0 saturated carbocycles. The molecule has 38 heavy (non-hydrogen) atoms. The van der Waals surface area contributed by atoms with Gasteiger partial charge in [-0.05, 0) is 75.1 Å². The summed E-state index contributed by atoms with van der Waals surface area (Å²) in [4.78, 5) is 0. The van der Waals surface area contributed by atoms with Crippen LogP contribution >= 0.6 is 0 Å². The lowest BCUT2D eigenvalue weighted by Gasteiger charge is -2.44. The number of rotatable bonds is 17. The molecule has 0 aliphatic rings. The van der Waals surface area contributed by atoms with Crippen LogP contribution in [0, 0.1) is 5.41 Å². The molecule has 2 rings (SSSR count). The Morgan fingerprint density at radius 2 is 1.21 bits per heavy atom. The second-order valence-corrected chi connectivity index (χ2v) is 28.1. The molecule has 0 saturated heterocycles. The first-order valence-corrected chi connectivity index (χ1v) is 24.9. The molecular formula is C28H50O6Si4. The number of aliphatic hydroxyl groups is 2. The molecule has 6 nitrogen and oxygen atoms in total. The summed E-state index contributed by atoms with van der Waals surface area (Å²) in [5.41, 5.74) is -0.577. The molecule has 0 unspecified atom stereocenters. The minimum absolute atomic E-state index is 0.0812. The second-order valence-electron chi connectivity index (χ2n) is 12.3. The highest BCUT2D eigenvalue weighted by atomic mass is 28.5. The molecule has 0 aliphatic heterocycles. The Bertz CT molecular complexity index is 899. The predicted molar refractivity (Wildman–Crippen MR) is 167 cm³/mol. The van der Waals surface area contributed by atoms with E-state index in [9.17, 15) is 10.2 Å². The standard InChI is InChI=1S/C28H50O6Si4/c1-9-28(23-29,24-30)25-31-21-16-22-36(5,6)33-38(26-17-12-10-13-18-26,27-19-14-11-15-20-27)34-37(7,8)32-35(2,3)4/h10-15,17-20,29-30H,9,16,21-25H2,1-8H3. The molecule has 0 heterocycles. The summed E-state index contributed by atoms with van der Waals surface area (Å²) >= 11 is 0. The largest absolute Gasteiger partial charge is 0.437 e. The highest BCUT2D eigenvalue weighted by molar-refractivity contribution is 7.02. The van der Waals surface area contributed by atoms with E-state index in [0.717, 1.165) is 22.8 Å². The van der Waals surface area contributed by atoms with Gasteiger partial charge in [-0.1, -0.05) is 67.6 Å². The Morgan fingerprint density at radius 1 is 0.711 bits per heavy atom. The first-order chi connectivity index (χ1) is 17.7. The summed E-state index contributed by atoms with van der Waals surface area (Å²) in [6, 6.07) is 21.8. The molecule has 0 radical (unpaired) electrons. The lowest BCUT2D eigenvalue weighted by atomic mass is 9.88. The van der Waals surface area contributed by atoms with Gasteiger partial charge in [-0.15, -0.1) is 0 Å². The molecule has 2 N–H and O–H groups in total. The minimum Gasteiger partial charge on any atom is -0.437 e. The molecule has 0 fully saturated rings. The molecule has 2 aromatic carbocycles. The zero-order chi connectivity index (χ0) is 28.5. The SMILES string of the molecule is CCC(CO)(CO)COCCC[Si](C)(C)O[Si](O[Si](C)(C)O[Si](C)(C)C)(c1ccccc1)c1ccccc1. The Morgan fingerprint density at radius 3 is 1.63 bits per heavy atom. The summed E-state index contributed by atoms with van der Waals surface area (Å²) < 4.78 is 27.2. The van der Waals surface area contributed by atoms with Crippen molar-refractivity contribution in [2.75, 3.05) is 26.4 Å². The topological polar surface area (TPSA) is 77.4 Å². The van der Waals surface area contributed by atoms with Crippen molar-refractivity contribution < 1.29 is 27.3 Å². The van der Waals surface area contributed by atoms with Gasteiger partial charge in [-0.3, -0.25) is 0 Å². The maximum atomic E-state index is 9.70. The summed E-state index contributed by atoms with van der Waals surface area (Å²) in [6.45, 7) is 18.2. The van der Waals surface area contributed by atoms with Crippen molar-refractivity contribution in [3.05, 3.63) is 60.7 Å². The molecule has 0 spiro atoms. The van der Waals surface area contributed by atoms with Crippen LogP contribution < -0.4 is 10.4 Å². The van der Waals surface area contributed by atoms with Crippen LogP contribution in [0.3, 0.4) is 0 Å². The van der Waals surface area contributed by atoms with Gasteiger partial charge in [0.15, 0.2) is 16.6 Å². The van der Waals surface area contributed by atoms with E-state index in [2.05, 4.69) is 94.4 Å². The molecule has 2 aromatic rings. The van der Waals surface area contributed by atoms with E-state index in [-0.39, 0.29) is 13.2 Å². The third kappa shape index (κ3) is 9.92. The van der Waals surface area contributed by atoms with Crippen molar-refractivity contribution in [1.29, 1.82) is 0 Å². The fraction of sp³-hybridized carbons (Fsp3) is 0.571. The molecular weight excluding hydrogens is 545 g/mol.